The maximum atomic E-state index is 11.0. The number of carbonyl (C=O) groups is 8. The number of halogens is 3. The molecule has 0 heterocycles. The van der Waals surface area contributed by atoms with Crippen LogP contribution in [-0.2, 0) is 66.4 Å². The van der Waals surface area contributed by atoms with E-state index in [1.54, 1.807) is 24.3 Å². The van der Waals surface area contributed by atoms with Gasteiger partial charge in [-0.25, -0.2) is 0 Å². The Labute approximate surface area is 556 Å². The van der Waals surface area contributed by atoms with Gasteiger partial charge in [-0.05, 0) is 194 Å². The van der Waals surface area contributed by atoms with E-state index in [2.05, 4.69) is 35.0 Å². The molecule has 8 saturated carbocycles. The highest BCUT2D eigenvalue weighted by molar-refractivity contribution is 9.10. The van der Waals surface area contributed by atoms with Gasteiger partial charge in [0.25, 0.3) is 0 Å². The Morgan fingerprint density at radius 2 is 0.728 bits per heavy atom. The molecule has 8 aliphatic carbocycles. The molecule has 0 saturated heterocycles. The number of alkyl halides is 1. The van der Waals surface area contributed by atoms with Gasteiger partial charge in [0.05, 0.1) is 43.3 Å². The average molecular weight is 1370 g/mol. The lowest BCUT2D eigenvalue weighted by Crippen LogP contribution is -2.19. The summed E-state index contributed by atoms with van der Waals surface area (Å²) >= 11 is 14.4. The van der Waals surface area contributed by atoms with Gasteiger partial charge < -0.3 is 40.9 Å². The molecule has 13 rings (SSSR count). The van der Waals surface area contributed by atoms with Crippen LogP contribution in [0.25, 0.3) is 0 Å². The Balaban J connectivity index is 0.000000168. The quantitative estimate of drug-likeness (QED) is 0.0317. The zero-order chi connectivity index (χ0) is 67.8. The summed E-state index contributed by atoms with van der Waals surface area (Å²) in [6.45, 7) is 6.03. The van der Waals surface area contributed by atoms with Crippen molar-refractivity contribution in [1.82, 2.24) is 0 Å². The van der Waals surface area contributed by atoms with Crippen LogP contribution in [0.15, 0.2) is 138 Å². The summed E-state index contributed by atoms with van der Waals surface area (Å²) in [6, 6.07) is 42.1. The summed E-state index contributed by atoms with van der Waals surface area (Å²) in [6.07, 6.45) is 19.6. The molecule has 0 atom stereocenters. The highest BCUT2D eigenvalue weighted by Crippen LogP contribution is 2.53. The number of hydrogen-bond acceptors (Lipinski definition) is 8. The third-order valence-electron chi connectivity index (χ3n) is 19.5. The number of carboxylic acids is 8. The van der Waals surface area contributed by atoms with Crippen LogP contribution in [0.2, 0.25) is 5.02 Å². The average Bonchev–Trinajstić information content (AvgIpc) is 1.64. The zero-order valence-corrected chi connectivity index (χ0v) is 55.7. The second kappa shape index (κ2) is 31.7. The van der Waals surface area contributed by atoms with Gasteiger partial charge in [0, 0.05) is 15.4 Å². The highest BCUT2D eigenvalue weighted by atomic mass is 79.9. The van der Waals surface area contributed by atoms with Crippen LogP contribution >= 0.6 is 39.1 Å². The van der Waals surface area contributed by atoms with E-state index >= 15 is 0 Å². The van der Waals surface area contributed by atoms with Crippen LogP contribution in [0.4, 0.5) is 0 Å². The molecule has 5 aromatic carbocycles. The van der Waals surface area contributed by atoms with Crippen molar-refractivity contribution in [2.45, 2.75) is 190 Å². The van der Waals surface area contributed by atoms with Gasteiger partial charge in [-0.15, -0.1) is 11.6 Å². The molecular formula is C73H87BrCl2O16. The van der Waals surface area contributed by atoms with Crippen LogP contribution < -0.4 is 0 Å². The maximum absolute atomic E-state index is 11.0. The number of unbranched alkanes of at least 4 members (excludes halogenated alkanes) is 1. The van der Waals surface area contributed by atoms with Crippen molar-refractivity contribution in [1.29, 1.82) is 0 Å². The molecule has 19 heteroatoms. The molecule has 92 heavy (non-hydrogen) atoms. The summed E-state index contributed by atoms with van der Waals surface area (Å²) < 4.78 is 0.942. The number of aryl methyl sites for hydroxylation is 2. The molecule has 8 aliphatic rings. The van der Waals surface area contributed by atoms with Gasteiger partial charge in [-0.2, -0.15) is 0 Å². The molecule has 0 spiro atoms. The first-order valence-electron chi connectivity index (χ1n) is 31.7. The van der Waals surface area contributed by atoms with Crippen molar-refractivity contribution in [2.24, 2.45) is 21.7 Å². The second-order valence-electron chi connectivity index (χ2n) is 26.1. The van der Waals surface area contributed by atoms with Crippen LogP contribution in [-0.4, -0.2) is 94.5 Å². The fourth-order valence-electron chi connectivity index (χ4n) is 10.8. The topological polar surface area (TPSA) is 298 Å². The molecule has 8 fully saturated rings. The van der Waals surface area contributed by atoms with Crippen molar-refractivity contribution in [2.75, 3.05) is 5.88 Å². The fourth-order valence-corrected chi connectivity index (χ4v) is 11.8. The van der Waals surface area contributed by atoms with Crippen molar-refractivity contribution >= 4 is 86.9 Å². The number of hydrogen-bond donors (Lipinski definition) is 8. The van der Waals surface area contributed by atoms with Crippen molar-refractivity contribution < 1.29 is 79.2 Å². The zero-order valence-electron chi connectivity index (χ0n) is 52.6. The Morgan fingerprint density at radius 1 is 0.391 bits per heavy atom. The van der Waals surface area contributed by atoms with Crippen LogP contribution in [0.3, 0.4) is 0 Å². The Bertz CT molecular complexity index is 3240. The molecule has 0 radical (unpaired) electrons. The lowest BCUT2D eigenvalue weighted by atomic mass is 9.95. The third-order valence-corrected chi connectivity index (χ3v) is 20.7. The van der Waals surface area contributed by atoms with E-state index < -0.39 is 74.8 Å². The van der Waals surface area contributed by atoms with Gasteiger partial charge >= 0.3 is 47.8 Å². The van der Waals surface area contributed by atoms with E-state index in [0.29, 0.717) is 5.02 Å². The van der Waals surface area contributed by atoms with Gasteiger partial charge in [-0.3, -0.25) is 38.4 Å². The molecule has 8 N–H and O–H groups in total. The number of rotatable bonds is 21. The Kier molecular flexibility index (Phi) is 25.5. The Hall–Kier alpha value is -7.08. The molecule has 0 bridgehead atoms. The number of carboxylic acid groups (broad SMARTS) is 8. The van der Waals surface area contributed by atoms with Crippen molar-refractivity contribution in [3.63, 3.8) is 0 Å². The van der Waals surface area contributed by atoms with Crippen LogP contribution in [0.5, 0.6) is 0 Å². The minimum absolute atomic E-state index is 0.266. The van der Waals surface area contributed by atoms with Gasteiger partial charge in [0.1, 0.15) is 0 Å². The molecule has 496 valence electrons. The molecular weight excluding hydrogens is 1280 g/mol. The fraction of sp³-hybridized carbons (Fsp3) is 0.479. The number of benzene rings is 5. The summed E-state index contributed by atoms with van der Waals surface area (Å²) in [5.74, 6) is -5.07. The molecule has 0 aliphatic heterocycles. The van der Waals surface area contributed by atoms with E-state index in [0.717, 1.165) is 174 Å². The lowest BCUT2D eigenvalue weighted by molar-refractivity contribution is -0.144. The summed E-state index contributed by atoms with van der Waals surface area (Å²) in [7, 11) is 0. The number of aliphatic carboxylic acids is 8. The standard InChI is InChI=1S/C13H16O2.C11H12O2.C10H9BrO2.C10H9ClO2.C10H10O2.C8H14O2.C6H10O2.C5H7ClO2/c14-12(15)13(9-10-13)8-4-7-11-5-2-1-3-6-11;1-8-2-4-9(5-3-8)11(6-7-11)10(12)13;11-8-3-1-2-7(6-8)10(4-5-10)9(12)13;11-8-3-1-7(2-4-8)10(5-6-10)9(12)13;11-9(12)10(6-7-10)8-4-2-1-3-5-8;1-2-3-4-8(5-6-8)7(9)10;1-2-6(3-4-6)5(7)8;6-3-5(1-2-5)4(7)8/h1-3,5-6H,4,7-10H2,(H,14,15);2-5H,6-7H2,1H3,(H,12,13);1-3,6H,4-5H2,(H,12,13);1-4H,5-6H2,(H,12,13);1-5H,6-7H2,(H,11,12);2-6H2,1H3,(H,9,10);2-4H2,1H3,(H,7,8);1-3H2,(H,7,8). The van der Waals surface area contributed by atoms with E-state index in [1.807, 2.05) is 111 Å². The van der Waals surface area contributed by atoms with Gasteiger partial charge in [0.15, 0.2) is 0 Å². The van der Waals surface area contributed by atoms with Crippen LogP contribution in [0, 0.1) is 28.6 Å². The van der Waals surface area contributed by atoms with Crippen molar-refractivity contribution in [3.05, 3.63) is 176 Å². The summed E-state index contributed by atoms with van der Waals surface area (Å²) in [5, 5.41) is 71.3. The predicted molar refractivity (Wildman–Crippen MR) is 355 cm³/mol. The second-order valence-corrected chi connectivity index (χ2v) is 27.7. The molecule has 0 unspecified atom stereocenters. The first-order valence-corrected chi connectivity index (χ1v) is 33.4. The minimum atomic E-state index is -0.743. The largest absolute Gasteiger partial charge is 0.481 e. The molecule has 5 aromatic rings. The SMILES string of the molecule is CCC1(C(=O)O)CC1.CCCCC1(C(=O)O)CC1.Cc1ccc(C2(C(=O)O)CC2)cc1.O=C(O)C1(CCCc2ccccc2)CC1.O=C(O)C1(CCl)CC1.O=C(O)C1(c2ccc(Cl)cc2)CC1.O=C(O)C1(c2cccc(Br)c2)CC1.O=C(O)C1(c2ccccc2)CC1. The first kappa shape index (κ1) is 74.0. The summed E-state index contributed by atoms with van der Waals surface area (Å²) in [5.41, 5.74) is 2.42. The van der Waals surface area contributed by atoms with Crippen molar-refractivity contribution in [3.8, 4) is 0 Å². The predicted octanol–water partition coefficient (Wildman–Crippen LogP) is 16.2. The lowest BCUT2D eigenvalue weighted by Gasteiger charge is -2.09. The van der Waals surface area contributed by atoms with E-state index in [-0.39, 0.29) is 22.1 Å². The summed E-state index contributed by atoms with van der Waals surface area (Å²) in [4.78, 5) is 85.8. The molecule has 16 nitrogen and oxygen atoms in total. The molecule has 0 aromatic heterocycles. The maximum Gasteiger partial charge on any atom is 0.314 e. The molecule has 0 amide bonds. The van der Waals surface area contributed by atoms with E-state index in [4.69, 9.17) is 64.1 Å². The third kappa shape index (κ3) is 19.5. The van der Waals surface area contributed by atoms with E-state index in [1.165, 1.54) is 11.1 Å². The minimum Gasteiger partial charge on any atom is -0.481 e. The monoisotopic (exact) mass is 1370 g/mol. The Morgan fingerprint density at radius 3 is 1.02 bits per heavy atom. The van der Waals surface area contributed by atoms with Crippen LogP contribution in [0.1, 0.15) is 188 Å². The normalized spacial score (nSPS) is 19.2. The van der Waals surface area contributed by atoms with Gasteiger partial charge in [0.2, 0.25) is 0 Å². The smallest absolute Gasteiger partial charge is 0.314 e. The van der Waals surface area contributed by atoms with Gasteiger partial charge in [-0.1, -0.05) is 169 Å². The van der Waals surface area contributed by atoms with E-state index in [9.17, 15) is 38.4 Å². The first-order chi connectivity index (χ1) is 43.6. The highest BCUT2D eigenvalue weighted by Gasteiger charge is 2.55.